The van der Waals surface area contributed by atoms with Crippen LogP contribution in [0.2, 0.25) is 0 Å². The molecular formula is C19H37O6P. The molecule has 0 aliphatic carbocycles. The Morgan fingerprint density at radius 2 is 1.31 bits per heavy atom. The lowest BCUT2D eigenvalue weighted by molar-refractivity contribution is 0.120. The number of phosphoric ester groups is 1. The summed E-state index contributed by atoms with van der Waals surface area (Å²) in [7, 11) is -3.33. The number of rotatable bonds is 17. The van der Waals surface area contributed by atoms with Crippen LogP contribution in [-0.4, -0.2) is 44.2 Å². The standard InChI is InChI=1S/C19H37O6P/c1-4-12-16-18(24-16)15-19-17(25-19)13-10-8-7-9-11-14-23-26(20,21-5-2)22-6-3/h16-19H,4-15H2,1-3H3. The van der Waals surface area contributed by atoms with Gasteiger partial charge in [0.25, 0.3) is 0 Å². The molecule has 0 spiro atoms. The molecule has 2 aliphatic heterocycles. The van der Waals surface area contributed by atoms with Crippen LogP contribution in [0.15, 0.2) is 0 Å². The number of hydrogen-bond donors (Lipinski definition) is 0. The first-order valence-electron chi connectivity index (χ1n) is 10.5. The molecule has 6 nitrogen and oxygen atoms in total. The van der Waals surface area contributed by atoms with Crippen LogP contribution in [0.3, 0.4) is 0 Å². The predicted octanol–water partition coefficient (Wildman–Crippen LogP) is 5.25. The molecule has 0 amide bonds. The first-order chi connectivity index (χ1) is 12.6. The van der Waals surface area contributed by atoms with E-state index in [0.29, 0.717) is 44.2 Å². The van der Waals surface area contributed by atoms with Crippen LogP contribution in [0.25, 0.3) is 0 Å². The molecule has 2 aliphatic rings. The van der Waals surface area contributed by atoms with Gasteiger partial charge in [-0.05, 0) is 33.1 Å². The van der Waals surface area contributed by atoms with Crippen LogP contribution in [0, 0.1) is 0 Å². The second kappa shape index (κ2) is 11.8. The van der Waals surface area contributed by atoms with Gasteiger partial charge >= 0.3 is 7.82 Å². The van der Waals surface area contributed by atoms with Crippen molar-refractivity contribution in [2.45, 2.75) is 103 Å². The molecule has 0 bridgehead atoms. The van der Waals surface area contributed by atoms with Gasteiger partial charge in [0, 0.05) is 6.42 Å². The Hall–Kier alpha value is 0.0300. The highest BCUT2D eigenvalue weighted by molar-refractivity contribution is 7.48. The summed E-state index contributed by atoms with van der Waals surface area (Å²) in [5, 5.41) is 0. The lowest BCUT2D eigenvalue weighted by atomic mass is 10.0. The van der Waals surface area contributed by atoms with Gasteiger partial charge in [0.2, 0.25) is 0 Å². The maximum absolute atomic E-state index is 12.1. The summed E-state index contributed by atoms with van der Waals surface area (Å²) < 4.78 is 39.1. The molecule has 0 saturated carbocycles. The number of unbranched alkanes of at least 4 members (excludes halogenated alkanes) is 4. The largest absolute Gasteiger partial charge is 0.474 e. The van der Waals surface area contributed by atoms with Crippen LogP contribution >= 0.6 is 7.82 Å². The Morgan fingerprint density at radius 1 is 0.731 bits per heavy atom. The Balaban J connectivity index is 1.38. The van der Waals surface area contributed by atoms with Crippen LogP contribution < -0.4 is 0 Å². The second-order valence-corrected chi connectivity index (χ2v) is 8.79. The lowest BCUT2D eigenvalue weighted by Gasteiger charge is -2.16. The fraction of sp³-hybridized carbons (Fsp3) is 1.00. The molecule has 4 unspecified atom stereocenters. The van der Waals surface area contributed by atoms with Crippen molar-refractivity contribution in [1.29, 1.82) is 0 Å². The van der Waals surface area contributed by atoms with E-state index in [0.717, 1.165) is 25.7 Å². The maximum Gasteiger partial charge on any atom is 0.474 e. The van der Waals surface area contributed by atoms with Crippen LogP contribution in [-0.2, 0) is 27.6 Å². The molecule has 2 saturated heterocycles. The van der Waals surface area contributed by atoms with Crippen molar-refractivity contribution in [3.8, 4) is 0 Å². The van der Waals surface area contributed by atoms with E-state index in [1.165, 1.54) is 32.1 Å². The Kier molecular flexibility index (Phi) is 10.1. The molecule has 0 aromatic rings. The summed E-state index contributed by atoms with van der Waals surface area (Å²) >= 11 is 0. The second-order valence-electron chi connectivity index (χ2n) is 7.12. The van der Waals surface area contributed by atoms with Crippen molar-refractivity contribution in [3.63, 3.8) is 0 Å². The quantitative estimate of drug-likeness (QED) is 0.191. The molecule has 2 fully saturated rings. The molecule has 2 heterocycles. The summed E-state index contributed by atoms with van der Waals surface area (Å²) in [6, 6.07) is 0. The topological polar surface area (TPSA) is 69.8 Å². The highest BCUT2D eigenvalue weighted by Gasteiger charge is 2.47. The van der Waals surface area contributed by atoms with Gasteiger partial charge in [-0.25, -0.2) is 4.57 Å². The third-order valence-electron chi connectivity index (χ3n) is 4.87. The lowest BCUT2D eigenvalue weighted by Crippen LogP contribution is -2.02. The molecule has 0 radical (unpaired) electrons. The normalized spacial score (nSPS) is 27.7. The van der Waals surface area contributed by atoms with Gasteiger partial charge in [-0.15, -0.1) is 0 Å². The summed E-state index contributed by atoms with van der Waals surface area (Å²) in [5.74, 6) is 0. The van der Waals surface area contributed by atoms with Gasteiger partial charge in [-0.2, -0.15) is 0 Å². The Labute approximate surface area is 158 Å². The Bertz CT molecular complexity index is 422. The number of hydrogen-bond acceptors (Lipinski definition) is 6. The van der Waals surface area contributed by atoms with Gasteiger partial charge in [-0.1, -0.05) is 39.0 Å². The van der Waals surface area contributed by atoms with Crippen molar-refractivity contribution in [2.24, 2.45) is 0 Å². The molecule has 4 atom stereocenters. The van der Waals surface area contributed by atoms with Crippen LogP contribution in [0.1, 0.15) is 78.6 Å². The van der Waals surface area contributed by atoms with E-state index in [4.69, 9.17) is 23.0 Å². The molecule has 2 rings (SSSR count). The fourth-order valence-electron chi connectivity index (χ4n) is 3.38. The Morgan fingerprint density at radius 3 is 1.92 bits per heavy atom. The minimum absolute atomic E-state index is 0.327. The maximum atomic E-state index is 12.1. The van der Waals surface area contributed by atoms with Crippen molar-refractivity contribution >= 4 is 7.82 Å². The van der Waals surface area contributed by atoms with E-state index >= 15 is 0 Å². The van der Waals surface area contributed by atoms with Crippen molar-refractivity contribution in [1.82, 2.24) is 0 Å². The average molecular weight is 392 g/mol. The summed E-state index contributed by atoms with van der Waals surface area (Å²) in [6.07, 6.45) is 12.1. The summed E-state index contributed by atoms with van der Waals surface area (Å²) in [5.41, 5.74) is 0. The van der Waals surface area contributed by atoms with E-state index < -0.39 is 7.82 Å². The smallest absolute Gasteiger partial charge is 0.369 e. The van der Waals surface area contributed by atoms with Gasteiger partial charge in [0.1, 0.15) is 0 Å². The third-order valence-corrected chi connectivity index (χ3v) is 6.52. The molecular weight excluding hydrogens is 355 g/mol. The predicted molar refractivity (Wildman–Crippen MR) is 101 cm³/mol. The molecule has 7 heteroatoms. The van der Waals surface area contributed by atoms with E-state index in [2.05, 4.69) is 6.92 Å². The van der Waals surface area contributed by atoms with Gasteiger partial charge < -0.3 is 9.47 Å². The molecule has 0 aromatic heterocycles. The van der Waals surface area contributed by atoms with Crippen LogP contribution in [0.4, 0.5) is 0 Å². The highest BCUT2D eigenvalue weighted by Crippen LogP contribution is 2.49. The minimum Gasteiger partial charge on any atom is -0.369 e. The van der Waals surface area contributed by atoms with Crippen molar-refractivity contribution < 1.29 is 27.6 Å². The van der Waals surface area contributed by atoms with Crippen molar-refractivity contribution in [3.05, 3.63) is 0 Å². The molecule has 0 aromatic carbocycles. The average Bonchev–Trinajstić information content (AvgIpc) is 3.51. The zero-order chi connectivity index (χ0) is 18.8. The first kappa shape index (κ1) is 22.3. The zero-order valence-electron chi connectivity index (χ0n) is 16.7. The van der Waals surface area contributed by atoms with Gasteiger partial charge in [0.05, 0.1) is 44.2 Å². The summed E-state index contributed by atoms with van der Waals surface area (Å²) in [4.78, 5) is 0. The number of phosphoric acid groups is 1. The van der Waals surface area contributed by atoms with Gasteiger partial charge in [0.15, 0.2) is 0 Å². The highest BCUT2D eigenvalue weighted by atomic mass is 31.2. The molecule has 0 N–H and O–H groups in total. The van der Waals surface area contributed by atoms with Gasteiger partial charge in [-0.3, -0.25) is 13.6 Å². The SMILES string of the molecule is CCCC1OC1CC1OC1CCCCCCCOP(=O)(OCC)OCC. The van der Waals surface area contributed by atoms with E-state index in [9.17, 15) is 4.57 Å². The van der Waals surface area contributed by atoms with Crippen LogP contribution in [0.5, 0.6) is 0 Å². The zero-order valence-corrected chi connectivity index (χ0v) is 17.6. The van der Waals surface area contributed by atoms with E-state index in [1.54, 1.807) is 13.8 Å². The van der Waals surface area contributed by atoms with E-state index in [1.807, 2.05) is 0 Å². The molecule has 154 valence electrons. The summed E-state index contributed by atoms with van der Waals surface area (Å²) in [6.45, 7) is 6.85. The fourth-order valence-corrected chi connectivity index (χ4v) is 4.59. The number of epoxide rings is 2. The third kappa shape index (κ3) is 8.37. The minimum atomic E-state index is -3.33. The monoisotopic (exact) mass is 392 g/mol. The van der Waals surface area contributed by atoms with Crippen molar-refractivity contribution in [2.75, 3.05) is 19.8 Å². The number of ether oxygens (including phenoxy) is 2. The molecule has 26 heavy (non-hydrogen) atoms. The van der Waals surface area contributed by atoms with E-state index in [-0.39, 0.29) is 0 Å². The first-order valence-corrected chi connectivity index (χ1v) is 11.9.